The molecule has 7 nitrogen and oxygen atoms in total. The average Bonchev–Trinajstić information content (AvgIpc) is 3.29. The SMILES string of the molecule is C/C(=N/NC(=O)c1ccco1)c1ccc(NC(=O)C(C)Oc2ccc(C)cc2Cl)cc1. The van der Waals surface area contributed by atoms with E-state index < -0.39 is 12.0 Å². The first-order chi connectivity index (χ1) is 14.8. The molecule has 31 heavy (non-hydrogen) atoms. The Bertz CT molecular complexity index is 1090. The van der Waals surface area contributed by atoms with Gasteiger partial charge in [0.05, 0.1) is 17.0 Å². The van der Waals surface area contributed by atoms with Gasteiger partial charge in [-0.25, -0.2) is 5.43 Å². The van der Waals surface area contributed by atoms with Crippen LogP contribution in [-0.4, -0.2) is 23.6 Å². The monoisotopic (exact) mass is 439 g/mol. The molecule has 1 unspecified atom stereocenters. The van der Waals surface area contributed by atoms with Crippen molar-refractivity contribution in [2.24, 2.45) is 5.10 Å². The Morgan fingerprint density at radius 3 is 2.52 bits per heavy atom. The molecule has 0 fully saturated rings. The molecule has 8 heteroatoms. The van der Waals surface area contributed by atoms with Crippen LogP contribution in [0.15, 0.2) is 70.4 Å². The number of ether oxygens (including phenoxy) is 1. The number of hydrogen-bond donors (Lipinski definition) is 2. The predicted octanol–water partition coefficient (Wildman–Crippen LogP) is 4.80. The van der Waals surface area contributed by atoms with Crippen molar-refractivity contribution >= 4 is 34.8 Å². The van der Waals surface area contributed by atoms with E-state index in [-0.39, 0.29) is 11.7 Å². The Morgan fingerprint density at radius 2 is 1.87 bits per heavy atom. The van der Waals surface area contributed by atoms with Crippen LogP contribution in [0.2, 0.25) is 5.02 Å². The number of carbonyl (C=O) groups is 2. The highest BCUT2D eigenvalue weighted by molar-refractivity contribution is 6.32. The molecule has 0 aliphatic heterocycles. The Morgan fingerprint density at radius 1 is 1.13 bits per heavy atom. The number of amides is 2. The number of hydrazone groups is 1. The summed E-state index contributed by atoms with van der Waals surface area (Å²) in [6.45, 7) is 5.34. The van der Waals surface area contributed by atoms with Gasteiger partial charge in [0.2, 0.25) is 0 Å². The van der Waals surface area contributed by atoms with Crippen LogP contribution in [0, 0.1) is 6.92 Å². The molecule has 0 bridgehead atoms. The Labute approximate surface area is 185 Å². The standard InChI is InChI=1S/C23H22ClN3O4/c1-14-6-11-20(19(24)13-14)31-16(3)22(28)25-18-9-7-17(8-10-18)15(2)26-27-23(29)21-5-4-12-30-21/h4-13,16H,1-3H3,(H,25,28)(H,27,29)/b26-15-. The van der Waals surface area contributed by atoms with Crippen LogP contribution in [0.25, 0.3) is 0 Å². The molecule has 2 amide bonds. The smallest absolute Gasteiger partial charge is 0.307 e. The van der Waals surface area contributed by atoms with E-state index in [0.29, 0.717) is 22.2 Å². The van der Waals surface area contributed by atoms with E-state index in [1.165, 1.54) is 6.26 Å². The highest BCUT2D eigenvalue weighted by atomic mass is 35.5. The van der Waals surface area contributed by atoms with Gasteiger partial charge >= 0.3 is 5.91 Å². The number of carbonyl (C=O) groups excluding carboxylic acids is 2. The molecule has 0 aliphatic rings. The summed E-state index contributed by atoms with van der Waals surface area (Å²) in [5.41, 5.74) is 5.43. The second-order valence-corrected chi connectivity index (χ2v) is 7.28. The van der Waals surface area contributed by atoms with Crippen LogP contribution in [-0.2, 0) is 4.79 Å². The number of nitrogens with zero attached hydrogens (tertiary/aromatic N) is 1. The van der Waals surface area contributed by atoms with Crippen molar-refractivity contribution in [1.29, 1.82) is 0 Å². The van der Waals surface area contributed by atoms with Gasteiger partial charge in [0.15, 0.2) is 11.9 Å². The van der Waals surface area contributed by atoms with Crippen molar-refractivity contribution in [1.82, 2.24) is 5.43 Å². The largest absolute Gasteiger partial charge is 0.479 e. The lowest BCUT2D eigenvalue weighted by Gasteiger charge is -2.16. The van der Waals surface area contributed by atoms with E-state index in [4.69, 9.17) is 20.8 Å². The number of benzene rings is 2. The Kier molecular flexibility index (Phi) is 7.10. The molecule has 0 saturated carbocycles. The van der Waals surface area contributed by atoms with E-state index >= 15 is 0 Å². The van der Waals surface area contributed by atoms with Crippen molar-refractivity contribution in [3.63, 3.8) is 0 Å². The second-order valence-electron chi connectivity index (χ2n) is 6.88. The minimum Gasteiger partial charge on any atom is -0.479 e. The van der Waals surface area contributed by atoms with Crippen LogP contribution in [0.1, 0.15) is 35.5 Å². The van der Waals surface area contributed by atoms with Crippen LogP contribution in [0.4, 0.5) is 5.69 Å². The number of aryl methyl sites for hydroxylation is 1. The van der Waals surface area contributed by atoms with E-state index in [1.54, 1.807) is 62.4 Å². The summed E-state index contributed by atoms with van der Waals surface area (Å²) in [7, 11) is 0. The lowest BCUT2D eigenvalue weighted by atomic mass is 10.1. The van der Waals surface area contributed by atoms with E-state index in [0.717, 1.165) is 11.1 Å². The zero-order valence-corrected chi connectivity index (χ0v) is 18.1. The highest BCUT2D eigenvalue weighted by Gasteiger charge is 2.16. The van der Waals surface area contributed by atoms with Gasteiger partial charge in [0.1, 0.15) is 5.75 Å². The summed E-state index contributed by atoms with van der Waals surface area (Å²) in [6.07, 6.45) is 0.680. The van der Waals surface area contributed by atoms with Crippen LogP contribution >= 0.6 is 11.6 Å². The zero-order valence-electron chi connectivity index (χ0n) is 17.3. The molecule has 3 aromatic rings. The van der Waals surface area contributed by atoms with Crippen molar-refractivity contribution in [2.75, 3.05) is 5.32 Å². The Hall–Kier alpha value is -3.58. The van der Waals surface area contributed by atoms with Gasteiger partial charge in [-0.15, -0.1) is 0 Å². The minimum atomic E-state index is -0.736. The number of nitrogens with one attached hydrogen (secondary N) is 2. The fraction of sp³-hybridized carbons (Fsp3) is 0.174. The second kappa shape index (κ2) is 9.95. The van der Waals surface area contributed by atoms with Crippen LogP contribution in [0.5, 0.6) is 5.75 Å². The first kappa shape index (κ1) is 22.1. The topological polar surface area (TPSA) is 92.9 Å². The van der Waals surface area contributed by atoms with Gasteiger partial charge in [0, 0.05) is 5.69 Å². The lowest BCUT2D eigenvalue weighted by Crippen LogP contribution is -2.30. The van der Waals surface area contributed by atoms with E-state index in [2.05, 4.69) is 15.8 Å². The fourth-order valence-electron chi connectivity index (χ4n) is 2.65. The van der Waals surface area contributed by atoms with Crippen LogP contribution < -0.4 is 15.5 Å². The van der Waals surface area contributed by atoms with Crippen LogP contribution in [0.3, 0.4) is 0 Å². The molecular formula is C23H22ClN3O4. The van der Waals surface area contributed by atoms with Crippen molar-refractivity contribution in [2.45, 2.75) is 26.9 Å². The predicted molar refractivity (Wildman–Crippen MR) is 120 cm³/mol. The number of hydrogen-bond acceptors (Lipinski definition) is 5. The number of halogens is 1. The molecule has 1 heterocycles. The molecule has 2 aromatic carbocycles. The summed E-state index contributed by atoms with van der Waals surface area (Å²) in [6, 6.07) is 15.6. The summed E-state index contributed by atoms with van der Waals surface area (Å²) < 4.78 is 10.7. The van der Waals surface area contributed by atoms with Gasteiger partial charge in [0.25, 0.3) is 5.91 Å². The van der Waals surface area contributed by atoms with Gasteiger partial charge in [-0.3, -0.25) is 9.59 Å². The molecule has 1 aromatic heterocycles. The minimum absolute atomic E-state index is 0.179. The molecule has 0 saturated heterocycles. The zero-order chi connectivity index (χ0) is 22.4. The van der Waals surface area contributed by atoms with Gasteiger partial charge < -0.3 is 14.5 Å². The van der Waals surface area contributed by atoms with Crippen molar-refractivity contribution in [3.8, 4) is 5.75 Å². The molecule has 160 valence electrons. The number of anilines is 1. The normalized spacial score (nSPS) is 12.2. The summed E-state index contributed by atoms with van der Waals surface area (Å²) in [4.78, 5) is 24.3. The summed E-state index contributed by atoms with van der Waals surface area (Å²) >= 11 is 6.16. The highest BCUT2D eigenvalue weighted by Crippen LogP contribution is 2.26. The van der Waals surface area contributed by atoms with Gasteiger partial charge in [-0.05, 0) is 68.3 Å². The number of rotatable bonds is 7. The Balaban J connectivity index is 1.57. The van der Waals surface area contributed by atoms with Gasteiger partial charge in [-0.2, -0.15) is 5.10 Å². The fourth-order valence-corrected chi connectivity index (χ4v) is 2.93. The molecule has 0 aliphatic carbocycles. The molecule has 3 rings (SSSR count). The van der Waals surface area contributed by atoms with E-state index in [1.807, 2.05) is 13.0 Å². The molecule has 1 atom stereocenters. The van der Waals surface area contributed by atoms with E-state index in [9.17, 15) is 9.59 Å². The maximum absolute atomic E-state index is 12.4. The maximum atomic E-state index is 12.4. The first-order valence-corrected chi connectivity index (χ1v) is 9.93. The number of furan rings is 1. The molecule has 0 spiro atoms. The summed E-state index contributed by atoms with van der Waals surface area (Å²) in [5.74, 6) is -0.108. The molecule has 2 N–H and O–H groups in total. The third-order valence-corrected chi connectivity index (χ3v) is 4.70. The summed E-state index contributed by atoms with van der Waals surface area (Å²) in [5, 5.41) is 7.32. The van der Waals surface area contributed by atoms with Crippen molar-refractivity contribution < 1.29 is 18.7 Å². The van der Waals surface area contributed by atoms with Gasteiger partial charge in [-0.1, -0.05) is 29.8 Å². The first-order valence-electron chi connectivity index (χ1n) is 9.55. The molecule has 0 radical (unpaired) electrons. The quantitative estimate of drug-likeness (QED) is 0.408. The average molecular weight is 440 g/mol. The lowest BCUT2D eigenvalue weighted by molar-refractivity contribution is -0.122. The maximum Gasteiger partial charge on any atom is 0.307 e. The molecular weight excluding hydrogens is 418 g/mol. The van der Waals surface area contributed by atoms with Crippen molar-refractivity contribution in [3.05, 3.63) is 82.8 Å². The third kappa shape index (κ3) is 5.96. The third-order valence-electron chi connectivity index (χ3n) is 4.40.